The van der Waals surface area contributed by atoms with E-state index >= 15 is 0 Å². The van der Waals surface area contributed by atoms with Gasteiger partial charge in [-0.1, -0.05) is 0 Å². The van der Waals surface area contributed by atoms with Gasteiger partial charge in [0.1, 0.15) is 34.5 Å². The lowest BCUT2D eigenvalue weighted by Gasteiger charge is -2.18. The Kier molecular flexibility index (Phi) is 8.81. The van der Waals surface area contributed by atoms with Crippen LogP contribution in [0.2, 0.25) is 0 Å². The Morgan fingerprint density at radius 1 is 0.405 bits per heavy atom. The first kappa shape index (κ1) is 28.8. The van der Waals surface area contributed by atoms with Gasteiger partial charge in [0.15, 0.2) is 23.0 Å². The Hall–Kier alpha value is -4.72. The van der Waals surface area contributed by atoms with Crippen molar-refractivity contribution in [1.82, 2.24) is 0 Å². The number of fused-ring (bicyclic) bond motifs is 8. The standard InChI is InChI=1S/C34H36O8/c1-35-25-11-21-7-9-23-16-34(32(40-6)20-29(23)37-3)42-28-14-22(12-26(18-28)36-2)8-10-24-15-33(41-27(13-21)17-25)31(39-5)19-30(24)38-4/h11-20H,7-10H2,1-6H3. The third-order valence-electron chi connectivity index (χ3n) is 7.31. The zero-order valence-corrected chi connectivity index (χ0v) is 24.9. The lowest BCUT2D eigenvalue weighted by atomic mass is 10.0. The molecule has 0 aromatic heterocycles. The number of aryl methyl sites for hydroxylation is 4. The third kappa shape index (κ3) is 6.28. The predicted molar refractivity (Wildman–Crippen MR) is 160 cm³/mol. The van der Waals surface area contributed by atoms with Crippen LogP contribution < -0.4 is 37.9 Å². The molecule has 4 aromatic carbocycles. The molecule has 1 aliphatic heterocycles. The summed E-state index contributed by atoms with van der Waals surface area (Å²) in [5.41, 5.74) is 4.03. The number of rotatable bonds is 6. The highest BCUT2D eigenvalue weighted by Crippen LogP contribution is 2.41. The van der Waals surface area contributed by atoms with Gasteiger partial charge in [-0.15, -0.1) is 0 Å². The van der Waals surface area contributed by atoms with E-state index in [1.54, 1.807) is 42.7 Å². The molecule has 0 spiro atoms. The fourth-order valence-corrected chi connectivity index (χ4v) is 5.13. The Balaban J connectivity index is 1.66. The molecule has 1 heterocycles. The second-order valence-corrected chi connectivity index (χ2v) is 9.87. The first-order valence-electron chi connectivity index (χ1n) is 13.7. The molecule has 8 heteroatoms. The van der Waals surface area contributed by atoms with Crippen molar-refractivity contribution in [2.24, 2.45) is 0 Å². The van der Waals surface area contributed by atoms with E-state index in [0.29, 0.717) is 71.7 Å². The SMILES string of the molecule is COc1cc2cc(c1)Oc1cc(c(OC)cc1OC)CCc1cc(OC)cc(c1)Oc1cc(c(OC)cc1OC)CC2. The molecule has 0 atom stereocenters. The second-order valence-electron chi connectivity index (χ2n) is 9.87. The molecule has 0 N–H and O–H groups in total. The summed E-state index contributed by atoms with van der Waals surface area (Å²) in [7, 11) is 9.83. The Morgan fingerprint density at radius 3 is 1.17 bits per heavy atom. The molecule has 0 saturated carbocycles. The number of benzene rings is 4. The van der Waals surface area contributed by atoms with Crippen LogP contribution in [0.3, 0.4) is 0 Å². The average molecular weight is 573 g/mol. The van der Waals surface area contributed by atoms with Crippen LogP contribution in [-0.4, -0.2) is 42.7 Å². The van der Waals surface area contributed by atoms with Crippen LogP contribution in [0.15, 0.2) is 60.7 Å². The van der Waals surface area contributed by atoms with Crippen LogP contribution in [0.5, 0.6) is 57.5 Å². The van der Waals surface area contributed by atoms with Crippen LogP contribution in [0.1, 0.15) is 22.3 Å². The van der Waals surface area contributed by atoms with Crippen molar-refractivity contribution >= 4 is 0 Å². The normalized spacial score (nSPS) is 12.5. The van der Waals surface area contributed by atoms with Gasteiger partial charge in [0, 0.05) is 24.3 Å². The van der Waals surface area contributed by atoms with Crippen molar-refractivity contribution in [3.63, 3.8) is 0 Å². The fourth-order valence-electron chi connectivity index (χ4n) is 5.13. The highest BCUT2D eigenvalue weighted by molar-refractivity contribution is 5.55. The molecule has 5 rings (SSSR count). The highest BCUT2D eigenvalue weighted by Gasteiger charge is 2.18. The van der Waals surface area contributed by atoms with Crippen molar-refractivity contribution in [2.75, 3.05) is 42.7 Å². The van der Waals surface area contributed by atoms with E-state index in [1.807, 2.05) is 60.7 Å². The molecular weight excluding hydrogens is 536 g/mol. The smallest absolute Gasteiger partial charge is 0.169 e. The molecule has 42 heavy (non-hydrogen) atoms. The monoisotopic (exact) mass is 572 g/mol. The maximum atomic E-state index is 6.43. The molecule has 0 unspecified atom stereocenters. The highest BCUT2D eigenvalue weighted by atomic mass is 16.5. The molecule has 4 aromatic rings. The molecule has 0 aliphatic carbocycles. The van der Waals surface area contributed by atoms with Crippen LogP contribution in [-0.2, 0) is 25.7 Å². The molecule has 8 nitrogen and oxygen atoms in total. The van der Waals surface area contributed by atoms with Gasteiger partial charge in [0.25, 0.3) is 0 Å². The van der Waals surface area contributed by atoms with Gasteiger partial charge in [-0.3, -0.25) is 0 Å². The minimum Gasteiger partial charge on any atom is -0.497 e. The summed E-state index contributed by atoms with van der Waals surface area (Å²) in [4.78, 5) is 0. The van der Waals surface area contributed by atoms with Crippen molar-refractivity contribution in [3.8, 4) is 57.5 Å². The van der Waals surface area contributed by atoms with E-state index in [4.69, 9.17) is 37.9 Å². The van der Waals surface area contributed by atoms with Crippen LogP contribution >= 0.6 is 0 Å². The Morgan fingerprint density at radius 2 is 0.810 bits per heavy atom. The first-order valence-corrected chi connectivity index (χ1v) is 13.7. The topological polar surface area (TPSA) is 73.8 Å². The zero-order valence-electron chi connectivity index (χ0n) is 24.9. The molecular formula is C34H36O8. The van der Waals surface area contributed by atoms with Gasteiger partial charge in [-0.2, -0.15) is 0 Å². The second kappa shape index (κ2) is 12.9. The summed E-state index contributed by atoms with van der Waals surface area (Å²) in [6.45, 7) is 0. The molecule has 0 fully saturated rings. The largest absolute Gasteiger partial charge is 0.497 e. The Bertz CT molecular complexity index is 1450. The van der Waals surface area contributed by atoms with E-state index in [9.17, 15) is 0 Å². The van der Waals surface area contributed by atoms with Crippen LogP contribution in [0.25, 0.3) is 0 Å². The van der Waals surface area contributed by atoms with Gasteiger partial charge < -0.3 is 37.9 Å². The molecule has 0 saturated heterocycles. The lowest BCUT2D eigenvalue weighted by molar-refractivity contribution is 0.364. The Labute approximate surface area is 246 Å². The number of hydrogen-bond donors (Lipinski definition) is 0. The lowest BCUT2D eigenvalue weighted by Crippen LogP contribution is -2.02. The van der Waals surface area contributed by atoms with E-state index in [1.165, 1.54) is 0 Å². The number of methoxy groups -OCH3 is 6. The zero-order chi connectivity index (χ0) is 29.6. The third-order valence-corrected chi connectivity index (χ3v) is 7.31. The predicted octanol–water partition coefficient (Wildman–Crippen LogP) is 7.21. The van der Waals surface area contributed by atoms with Gasteiger partial charge >= 0.3 is 0 Å². The van der Waals surface area contributed by atoms with Gasteiger partial charge in [0.2, 0.25) is 0 Å². The van der Waals surface area contributed by atoms with E-state index in [-0.39, 0.29) is 0 Å². The van der Waals surface area contributed by atoms with E-state index in [0.717, 1.165) is 33.8 Å². The fraction of sp³-hybridized carbons (Fsp3) is 0.294. The minimum atomic E-state index is 0.571. The maximum absolute atomic E-state index is 6.43. The van der Waals surface area contributed by atoms with Crippen molar-refractivity contribution in [3.05, 3.63) is 82.9 Å². The summed E-state index contributed by atoms with van der Waals surface area (Å²) >= 11 is 0. The maximum Gasteiger partial charge on any atom is 0.169 e. The average Bonchev–Trinajstić information content (AvgIpc) is 3.02. The molecule has 1 aliphatic rings. The first-order chi connectivity index (χ1) is 20.5. The quantitative estimate of drug-likeness (QED) is 0.240. The molecule has 0 radical (unpaired) electrons. The van der Waals surface area contributed by atoms with Crippen LogP contribution in [0, 0.1) is 0 Å². The summed E-state index contributed by atoms with van der Waals surface area (Å²) in [6.07, 6.45) is 2.75. The number of hydrogen-bond acceptors (Lipinski definition) is 8. The molecule has 0 amide bonds. The summed E-state index contributed by atoms with van der Waals surface area (Å²) in [5, 5.41) is 0. The minimum absolute atomic E-state index is 0.571. The van der Waals surface area contributed by atoms with E-state index < -0.39 is 0 Å². The van der Waals surface area contributed by atoms with E-state index in [2.05, 4.69) is 0 Å². The summed E-state index contributed by atoms with van der Waals surface area (Å²) < 4.78 is 46.9. The van der Waals surface area contributed by atoms with Crippen molar-refractivity contribution in [2.45, 2.75) is 25.7 Å². The van der Waals surface area contributed by atoms with Crippen molar-refractivity contribution in [1.29, 1.82) is 0 Å². The number of ether oxygens (including phenoxy) is 8. The molecule has 8 bridgehead atoms. The van der Waals surface area contributed by atoms with Crippen molar-refractivity contribution < 1.29 is 37.9 Å². The van der Waals surface area contributed by atoms with Gasteiger partial charge in [-0.25, -0.2) is 0 Å². The van der Waals surface area contributed by atoms with Gasteiger partial charge in [-0.05, 0) is 84.3 Å². The summed E-state index contributed by atoms with van der Waals surface area (Å²) in [6, 6.07) is 19.4. The van der Waals surface area contributed by atoms with Gasteiger partial charge in [0.05, 0.1) is 42.7 Å². The molecule has 220 valence electrons. The summed E-state index contributed by atoms with van der Waals surface area (Å²) in [5.74, 6) is 6.43. The van der Waals surface area contributed by atoms with Crippen LogP contribution in [0.4, 0.5) is 0 Å².